The van der Waals surface area contributed by atoms with Gasteiger partial charge in [0, 0.05) is 12.5 Å². The molecule has 5 nitrogen and oxygen atoms in total. The van der Waals surface area contributed by atoms with Gasteiger partial charge in [0.25, 0.3) is 0 Å². The molecule has 1 saturated heterocycles. The smallest absolute Gasteiger partial charge is 0.243 e. The lowest BCUT2D eigenvalue weighted by atomic mass is 9.96. The number of morpholine rings is 1. The van der Waals surface area contributed by atoms with E-state index in [9.17, 15) is 13.5 Å². The van der Waals surface area contributed by atoms with Crippen LogP contribution in [0.5, 0.6) is 0 Å². The second kappa shape index (κ2) is 6.04. The fourth-order valence-electron chi connectivity index (χ4n) is 3.39. The SMILES string of the molecule is O=S(=O)(c1ccccc1)N1CCOC[C@@H]1[C@H]1CCC[C@@H]1O. The second-order valence-corrected chi connectivity index (χ2v) is 7.62. The standard InChI is InChI=1S/C15H21NO4S/c17-15-8-4-7-13(15)14-11-20-10-9-16(14)21(18,19)12-5-2-1-3-6-12/h1-3,5-6,13-15,17H,4,7-11H2/t13-,14-,15+/m1/s1. The molecule has 116 valence electrons. The van der Waals surface area contributed by atoms with Crippen molar-refractivity contribution in [3.8, 4) is 0 Å². The van der Waals surface area contributed by atoms with Crippen LogP contribution in [-0.2, 0) is 14.8 Å². The largest absolute Gasteiger partial charge is 0.393 e. The van der Waals surface area contributed by atoms with Crippen molar-refractivity contribution < 1.29 is 18.3 Å². The van der Waals surface area contributed by atoms with Crippen molar-refractivity contribution in [1.29, 1.82) is 0 Å². The predicted octanol–water partition coefficient (Wildman–Crippen LogP) is 1.24. The summed E-state index contributed by atoms with van der Waals surface area (Å²) >= 11 is 0. The van der Waals surface area contributed by atoms with E-state index in [1.165, 1.54) is 4.31 Å². The van der Waals surface area contributed by atoms with Gasteiger partial charge in [0.05, 0.1) is 30.3 Å². The molecule has 0 spiro atoms. The summed E-state index contributed by atoms with van der Waals surface area (Å²) in [6.07, 6.45) is 2.13. The zero-order valence-electron chi connectivity index (χ0n) is 11.9. The Hall–Kier alpha value is -0.950. The highest BCUT2D eigenvalue weighted by Gasteiger charge is 2.42. The Kier molecular flexibility index (Phi) is 4.31. The van der Waals surface area contributed by atoms with E-state index in [1.54, 1.807) is 30.3 Å². The first-order valence-electron chi connectivity index (χ1n) is 7.43. The number of benzene rings is 1. The monoisotopic (exact) mass is 311 g/mol. The number of aliphatic hydroxyl groups excluding tert-OH is 1. The molecule has 1 aliphatic carbocycles. The van der Waals surface area contributed by atoms with Crippen LogP contribution in [0.1, 0.15) is 19.3 Å². The first-order valence-corrected chi connectivity index (χ1v) is 8.87. The number of ether oxygens (including phenoxy) is 1. The van der Waals surface area contributed by atoms with E-state index >= 15 is 0 Å². The molecule has 6 heteroatoms. The summed E-state index contributed by atoms with van der Waals surface area (Å²) in [7, 11) is -3.53. The maximum Gasteiger partial charge on any atom is 0.243 e. The molecule has 0 aromatic heterocycles. The summed E-state index contributed by atoms with van der Waals surface area (Å²) in [5, 5.41) is 10.1. The van der Waals surface area contributed by atoms with Gasteiger partial charge in [0.1, 0.15) is 0 Å². The van der Waals surface area contributed by atoms with Gasteiger partial charge in [-0.25, -0.2) is 8.42 Å². The van der Waals surface area contributed by atoms with Crippen LogP contribution in [0.4, 0.5) is 0 Å². The summed E-state index contributed by atoms with van der Waals surface area (Å²) < 4.78 is 32.7. The molecule has 0 radical (unpaired) electrons. The Morgan fingerprint density at radius 1 is 1.19 bits per heavy atom. The zero-order valence-corrected chi connectivity index (χ0v) is 12.7. The van der Waals surface area contributed by atoms with Crippen molar-refractivity contribution in [2.45, 2.75) is 36.3 Å². The van der Waals surface area contributed by atoms with Crippen LogP contribution in [0.2, 0.25) is 0 Å². The molecule has 3 rings (SSSR count). The maximum absolute atomic E-state index is 12.8. The third-order valence-corrected chi connectivity index (χ3v) is 6.43. The van der Waals surface area contributed by atoms with Crippen LogP contribution in [0.3, 0.4) is 0 Å². The molecular formula is C15H21NO4S. The van der Waals surface area contributed by atoms with E-state index in [1.807, 2.05) is 0 Å². The summed E-state index contributed by atoms with van der Waals surface area (Å²) in [4.78, 5) is 0.310. The molecule has 0 amide bonds. The van der Waals surface area contributed by atoms with Crippen LogP contribution < -0.4 is 0 Å². The van der Waals surface area contributed by atoms with Crippen molar-refractivity contribution in [2.24, 2.45) is 5.92 Å². The average Bonchev–Trinajstić information content (AvgIpc) is 2.94. The van der Waals surface area contributed by atoms with E-state index in [0.29, 0.717) is 24.7 Å². The molecule has 2 fully saturated rings. The average molecular weight is 311 g/mol. The van der Waals surface area contributed by atoms with Gasteiger partial charge in [-0.15, -0.1) is 0 Å². The minimum atomic E-state index is -3.53. The van der Waals surface area contributed by atoms with Gasteiger partial charge in [0.2, 0.25) is 10.0 Å². The summed E-state index contributed by atoms with van der Waals surface area (Å²) in [5.74, 6) is -0.0243. The van der Waals surface area contributed by atoms with Crippen molar-refractivity contribution in [3.05, 3.63) is 30.3 Å². The maximum atomic E-state index is 12.8. The van der Waals surface area contributed by atoms with Crippen LogP contribution in [0.25, 0.3) is 0 Å². The molecule has 1 saturated carbocycles. The van der Waals surface area contributed by atoms with Crippen LogP contribution in [0, 0.1) is 5.92 Å². The van der Waals surface area contributed by atoms with Gasteiger partial charge in [-0.3, -0.25) is 0 Å². The number of rotatable bonds is 3. The quantitative estimate of drug-likeness (QED) is 0.912. The Bertz CT molecular complexity index is 575. The molecule has 3 atom stereocenters. The van der Waals surface area contributed by atoms with Crippen molar-refractivity contribution in [2.75, 3.05) is 19.8 Å². The molecule has 1 N–H and O–H groups in total. The third kappa shape index (κ3) is 2.85. The number of sulfonamides is 1. The summed E-state index contributed by atoms with van der Waals surface area (Å²) in [6, 6.07) is 8.23. The fraction of sp³-hybridized carbons (Fsp3) is 0.600. The van der Waals surface area contributed by atoms with E-state index in [2.05, 4.69) is 0 Å². The number of nitrogens with zero attached hydrogens (tertiary/aromatic N) is 1. The predicted molar refractivity (Wildman–Crippen MR) is 78.3 cm³/mol. The zero-order chi connectivity index (χ0) is 14.9. The first-order chi connectivity index (χ1) is 10.1. The Morgan fingerprint density at radius 2 is 1.95 bits per heavy atom. The minimum absolute atomic E-state index is 0.0243. The molecule has 1 aromatic rings. The lowest BCUT2D eigenvalue weighted by Gasteiger charge is -2.39. The highest BCUT2D eigenvalue weighted by atomic mass is 32.2. The first kappa shape index (κ1) is 15.0. The number of hydrogen-bond acceptors (Lipinski definition) is 4. The minimum Gasteiger partial charge on any atom is -0.393 e. The molecule has 21 heavy (non-hydrogen) atoms. The van der Waals surface area contributed by atoms with Gasteiger partial charge in [-0.2, -0.15) is 4.31 Å². The van der Waals surface area contributed by atoms with Gasteiger partial charge < -0.3 is 9.84 Å². The highest BCUT2D eigenvalue weighted by Crippen LogP contribution is 2.34. The van der Waals surface area contributed by atoms with Crippen LogP contribution >= 0.6 is 0 Å². The van der Waals surface area contributed by atoms with Gasteiger partial charge in [-0.1, -0.05) is 24.6 Å². The van der Waals surface area contributed by atoms with Gasteiger partial charge in [-0.05, 0) is 25.0 Å². The molecule has 0 bridgehead atoms. The summed E-state index contributed by atoms with van der Waals surface area (Å²) in [5.41, 5.74) is 0. The summed E-state index contributed by atoms with van der Waals surface area (Å²) in [6.45, 7) is 1.13. The molecule has 1 aromatic carbocycles. The molecule has 1 aliphatic heterocycles. The van der Waals surface area contributed by atoms with E-state index in [0.717, 1.165) is 19.3 Å². The van der Waals surface area contributed by atoms with Crippen molar-refractivity contribution >= 4 is 10.0 Å². The molecule has 0 unspecified atom stereocenters. The number of aliphatic hydroxyl groups is 1. The van der Waals surface area contributed by atoms with Crippen LogP contribution in [0.15, 0.2) is 35.2 Å². The Balaban J connectivity index is 1.91. The van der Waals surface area contributed by atoms with Crippen molar-refractivity contribution in [3.63, 3.8) is 0 Å². The second-order valence-electron chi connectivity index (χ2n) is 5.73. The topological polar surface area (TPSA) is 66.8 Å². The third-order valence-electron chi connectivity index (χ3n) is 4.49. The van der Waals surface area contributed by atoms with Gasteiger partial charge >= 0.3 is 0 Å². The fourth-order valence-corrected chi connectivity index (χ4v) is 5.05. The van der Waals surface area contributed by atoms with Crippen molar-refractivity contribution in [1.82, 2.24) is 4.31 Å². The molecular weight excluding hydrogens is 290 g/mol. The molecule has 1 heterocycles. The van der Waals surface area contributed by atoms with E-state index in [4.69, 9.17) is 4.74 Å². The van der Waals surface area contributed by atoms with E-state index in [-0.39, 0.29) is 12.0 Å². The Morgan fingerprint density at radius 3 is 2.62 bits per heavy atom. The van der Waals surface area contributed by atoms with E-state index < -0.39 is 16.1 Å². The molecule has 2 aliphatic rings. The van der Waals surface area contributed by atoms with Gasteiger partial charge in [0.15, 0.2) is 0 Å². The normalized spacial score (nSPS) is 31.4. The Labute approximate surface area is 125 Å². The lowest BCUT2D eigenvalue weighted by Crippen LogP contribution is -2.53. The number of hydrogen-bond donors (Lipinski definition) is 1. The lowest BCUT2D eigenvalue weighted by molar-refractivity contribution is -0.0148. The highest BCUT2D eigenvalue weighted by molar-refractivity contribution is 7.89. The van der Waals surface area contributed by atoms with Crippen LogP contribution in [-0.4, -0.2) is 49.7 Å².